The topological polar surface area (TPSA) is 69.6 Å². The summed E-state index contributed by atoms with van der Waals surface area (Å²) in [6, 6.07) is 0. The number of hydrogen-bond donors (Lipinski definition) is 0. The molecule has 0 aromatic heterocycles. The van der Waals surface area contributed by atoms with Crippen molar-refractivity contribution in [3.8, 4) is 0 Å². The van der Waals surface area contributed by atoms with E-state index in [1.807, 2.05) is 4.40 Å². The van der Waals surface area contributed by atoms with Crippen LogP contribution in [0.25, 0.3) is 0 Å². The normalized spacial score (nSPS) is 14.8. The number of rotatable bonds is 2. The van der Waals surface area contributed by atoms with Crippen LogP contribution in [0.3, 0.4) is 0 Å². The highest BCUT2D eigenvalue weighted by molar-refractivity contribution is 9.09. The Morgan fingerprint density at radius 2 is 1.92 bits per heavy atom. The average Bonchev–Trinajstić information content (AvgIpc) is 1.84. The molecule has 12 heavy (non-hydrogen) atoms. The lowest BCUT2D eigenvalue weighted by molar-refractivity contribution is -0.214. The van der Waals surface area contributed by atoms with Gasteiger partial charge in [-0.05, 0) is 5.90 Å². The zero-order chi connectivity index (χ0) is 9.99. The molecule has 0 saturated heterocycles. The van der Waals surface area contributed by atoms with E-state index in [0.29, 0.717) is 0 Å². The van der Waals surface area contributed by atoms with E-state index in [9.17, 15) is 26.7 Å². The van der Waals surface area contributed by atoms with E-state index >= 15 is 0 Å². The predicted molar refractivity (Wildman–Crippen MR) is 36.2 cm³/mol. The molecule has 9 heteroatoms. The highest BCUT2D eigenvalue weighted by atomic mass is 79.9. The Kier molecular flexibility index (Phi) is 3.51. The lowest BCUT2D eigenvalue weighted by Gasteiger charge is -2.07. The summed E-state index contributed by atoms with van der Waals surface area (Å²) in [4.78, 5) is 0. The molecule has 0 saturated carbocycles. The van der Waals surface area contributed by atoms with Crippen molar-refractivity contribution in [1.29, 1.82) is 0 Å². The minimum atomic E-state index is -5.66. The van der Waals surface area contributed by atoms with Crippen LogP contribution in [0.5, 0.6) is 0 Å². The van der Waals surface area contributed by atoms with Crippen molar-refractivity contribution in [3.05, 3.63) is 0 Å². The lowest BCUT2D eigenvalue weighted by Crippen LogP contribution is -2.27. The molecule has 0 radical (unpaired) electrons. The number of nitrogens with zero attached hydrogens (tertiary/aromatic N) is 1. The van der Waals surface area contributed by atoms with Crippen molar-refractivity contribution in [2.75, 3.05) is 5.33 Å². The molecule has 0 spiro atoms. The van der Waals surface area contributed by atoms with Crippen LogP contribution in [0.15, 0.2) is 4.40 Å². The van der Waals surface area contributed by atoms with E-state index in [1.54, 1.807) is 0 Å². The van der Waals surface area contributed by atoms with Gasteiger partial charge < -0.3 is 5.11 Å². The second-order valence-corrected chi connectivity index (χ2v) is 3.70. The third-order valence-electron chi connectivity index (χ3n) is 0.629. The summed E-state index contributed by atoms with van der Waals surface area (Å²) in [6.07, 6.45) is 0. The summed E-state index contributed by atoms with van der Waals surface area (Å²) in [6.45, 7) is 0. The molecule has 0 rings (SSSR count). The van der Waals surface area contributed by atoms with Gasteiger partial charge in [0.1, 0.15) is 0 Å². The molecule has 0 heterocycles. The third-order valence-corrected chi connectivity index (χ3v) is 2.14. The molecular weight excluding hydrogens is 267 g/mol. The molecule has 0 bridgehead atoms. The second-order valence-electron chi connectivity index (χ2n) is 1.54. The summed E-state index contributed by atoms with van der Waals surface area (Å²) < 4.78 is 56.6. The summed E-state index contributed by atoms with van der Waals surface area (Å²) in [5.41, 5.74) is -5.51. The smallest absolute Gasteiger partial charge is 0.518 e. The van der Waals surface area contributed by atoms with Crippen LogP contribution in [0.4, 0.5) is 13.2 Å². The molecule has 0 aliphatic heterocycles. The quantitative estimate of drug-likeness (QED) is 0.402. The summed E-state index contributed by atoms with van der Waals surface area (Å²) in [7, 11) is -5.66. The fourth-order valence-corrected chi connectivity index (χ4v) is 0.938. The second kappa shape index (κ2) is 3.60. The number of sulfonamides is 1. The van der Waals surface area contributed by atoms with Crippen molar-refractivity contribution in [2.45, 2.75) is 5.51 Å². The van der Waals surface area contributed by atoms with Crippen LogP contribution in [-0.4, -0.2) is 25.2 Å². The van der Waals surface area contributed by atoms with Crippen LogP contribution in [0.2, 0.25) is 0 Å². The Hall–Kier alpha value is -0.310. The monoisotopic (exact) mass is 268 g/mol. The van der Waals surface area contributed by atoms with Gasteiger partial charge in [-0.15, -0.1) is 0 Å². The molecule has 0 atom stereocenters. The van der Waals surface area contributed by atoms with E-state index < -0.39 is 26.8 Å². The van der Waals surface area contributed by atoms with Gasteiger partial charge in [0, 0.05) is 5.33 Å². The Morgan fingerprint density at radius 1 is 1.50 bits per heavy atom. The van der Waals surface area contributed by atoms with Crippen molar-refractivity contribution < 1.29 is 26.7 Å². The number of halogens is 4. The molecule has 0 amide bonds. The molecule has 0 aliphatic carbocycles. The van der Waals surface area contributed by atoms with Crippen LogP contribution in [0, 0.1) is 0 Å². The van der Waals surface area contributed by atoms with Crippen LogP contribution < -0.4 is 5.11 Å². The van der Waals surface area contributed by atoms with Gasteiger partial charge in [-0.2, -0.15) is 26.0 Å². The number of alkyl halides is 4. The van der Waals surface area contributed by atoms with Crippen molar-refractivity contribution in [3.63, 3.8) is 0 Å². The van der Waals surface area contributed by atoms with Gasteiger partial charge in [-0.1, -0.05) is 15.9 Å². The Labute approximate surface area is 74.3 Å². The van der Waals surface area contributed by atoms with Crippen LogP contribution in [-0.2, 0) is 10.0 Å². The number of hydrogen-bond acceptors (Lipinski definition) is 3. The van der Waals surface area contributed by atoms with E-state index in [4.69, 9.17) is 0 Å². The van der Waals surface area contributed by atoms with E-state index in [1.165, 1.54) is 0 Å². The third kappa shape index (κ3) is 2.97. The van der Waals surface area contributed by atoms with Gasteiger partial charge in [0.15, 0.2) is 0 Å². The Balaban J connectivity index is 4.93. The highest BCUT2D eigenvalue weighted by Gasteiger charge is 2.45. The SMILES string of the molecule is O=S(=O)(/N=C(\[O-])CBr)C(F)(F)F. The summed E-state index contributed by atoms with van der Waals surface area (Å²) in [5.74, 6) is -1.40. The van der Waals surface area contributed by atoms with Crippen molar-refractivity contribution >= 4 is 31.9 Å². The zero-order valence-electron chi connectivity index (χ0n) is 5.30. The van der Waals surface area contributed by atoms with Gasteiger partial charge in [-0.25, -0.2) is 0 Å². The Bertz CT molecular complexity index is 282. The standard InChI is InChI=1S/C3H3BrF3NO3S/c4-1-2(9)8-12(10,11)3(5,6)7/h1H2,(H,8,9)/p-1. The molecule has 0 aliphatic rings. The summed E-state index contributed by atoms with van der Waals surface area (Å²) >= 11 is 2.46. The van der Waals surface area contributed by atoms with Crippen molar-refractivity contribution in [1.82, 2.24) is 0 Å². The van der Waals surface area contributed by atoms with Crippen LogP contribution >= 0.6 is 15.9 Å². The highest BCUT2D eigenvalue weighted by Crippen LogP contribution is 2.24. The fourth-order valence-electron chi connectivity index (χ4n) is 0.210. The molecule has 0 N–H and O–H groups in total. The molecule has 72 valence electrons. The first-order chi connectivity index (χ1) is 5.20. The van der Waals surface area contributed by atoms with Gasteiger partial charge in [0.05, 0.1) is 0 Å². The Morgan fingerprint density at radius 3 is 2.17 bits per heavy atom. The lowest BCUT2D eigenvalue weighted by atomic mass is 10.8. The minimum Gasteiger partial charge on any atom is -0.861 e. The molecule has 0 aromatic carbocycles. The molecule has 0 unspecified atom stereocenters. The average molecular weight is 269 g/mol. The van der Waals surface area contributed by atoms with E-state index in [-0.39, 0.29) is 0 Å². The maximum Gasteiger partial charge on any atom is 0.518 e. The maximum absolute atomic E-state index is 11.5. The van der Waals surface area contributed by atoms with E-state index in [2.05, 4.69) is 15.9 Å². The predicted octanol–water partition coefficient (Wildman–Crippen LogP) is -0.0103. The van der Waals surface area contributed by atoms with Crippen molar-refractivity contribution in [2.24, 2.45) is 4.40 Å². The zero-order valence-corrected chi connectivity index (χ0v) is 7.70. The van der Waals surface area contributed by atoms with E-state index in [0.717, 1.165) is 0 Å². The van der Waals surface area contributed by atoms with Gasteiger partial charge in [0.2, 0.25) is 0 Å². The largest absolute Gasteiger partial charge is 0.861 e. The fraction of sp³-hybridized carbons (Fsp3) is 0.667. The first-order valence-electron chi connectivity index (χ1n) is 2.34. The minimum absolute atomic E-state index is 0.567. The first-order valence-corrected chi connectivity index (χ1v) is 4.90. The molecule has 0 fully saturated rings. The van der Waals surface area contributed by atoms with Crippen LogP contribution in [0.1, 0.15) is 0 Å². The maximum atomic E-state index is 11.5. The molecular formula is C3H2BrF3NO3S-. The van der Waals surface area contributed by atoms with Gasteiger partial charge in [0.25, 0.3) is 0 Å². The molecule has 0 aromatic rings. The van der Waals surface area contributed by atoms with Gasteiger partial charge >= 0.3 is 15.5 Å². The first kappa shape index (κ1) is 11.7. The summed E-state index contributed by atoms with van der Waals surface area (Å²) in [5, 5.41) is 9.61. The molecule has 4 nitrogen and oxygen atoms in total. The van der Waals surface area contributed by atoms with Gasteiger partial charge in [-0.3, -0.25) is 0 Å².